The highest BCUT2D eigenvalue weighted by Gasteiger charge is 1.97. The molecule has 0 radical (unpaired) electrons. The van der Waals surface area contributed by atoms with Crippen LogP contribution in [-0.2, 0) is 6.54 Å². The lowest BCUT2D eigenvalue weighted by Crippen LogP contribution is -2.17. The smallest absolute Gasteiger partial charge is 0.0234 e. The summed E-state index contributed by atoms with van der Waals surface area (Å²) in [5, 5.41) is 0. The minimum Gasteiger partial charge on any atom is -0.327 e. The van der Waals surface area contributed by atoms with Gasteiger partial charge in [0, 0.05) is 24.1 Å². The van der Waals surface area contributed by atoms with Crippen molar-refractivity contribution in [3.8, 4) is 0 Å². The molecular formula is C12H17BrN2. The molecule has 3 heteroatoms. The van der Waals surface area contributed by atoms with Crippen LogP contribution >= 0.6 is 15.9 Å². The average Bonchev–Trinajstić information content (AvgIpc) is 2.22. The zero-order chi connectivity index (χ0) is 11.1. The van der Waals surface area contributed by atoms with Gasteiger partial charge in [0.25, 0.3) is 0 Å². The number of likely N-dealkylation sites (N-methyl/N-ethyl adjacent to an activating group) is 1. The molecule has 0 aliphatic heterocycles. The Balaban J connectivity index is 2.40. The van der Waals surface area contributed by atoms with Crippen LogP contribution in [0.1, 0.15) is 5.56 Å². The molecule has 0 aliphatic carbocycles. The molecule has 0 amide bonds. The van der Waals surface area contributed by atoms with Gasteiger partial charge in [0.15, 0.2) is 0 Å². The van der Waals surface area contributed by atoms with Crippen LogP contribution in [-0.4, -0.2) is 25.0 Å². The molecule has 0 saturated heterocycles. The van der Waals surface area contributed by atoms with Crippen LogP contribution in [0.4, 0.5) is 0 Å². The van der Waals surface area contributed by atoms with Gasteiger partial charge in [-0.15, -0.1) is 0 Å². The van der Waals surface area contributed by atoms with E-state index in [0.717, 1.165) is 17.6 Å². The number of nitrogens with two attached hydrogens (primary N) is 1. The Morgan fingerprint density at radius 1 is 1.27 bits per heavy atom. The van der Waals surface area contributed by atoms with Crippen molar-refractivity contribution in [3.63, 3.8) is 0 Å². The molecule has 0 unspecified atom stereocenters. The van der Waals surface area contributed by atoms with Crippen molar-refractivity contribution < 1.29 is 0 Å². The van der Waals surface area contributed by atoms with Gasteiger partial charge in [0.05, 0.1) is 0 Å². The summed E-state index contributed by atoms with van der Waals surface area (Å²) in [7, 11) is 2.10. The van der Waals surface area contributed by atoms with E-state index >= 15 is 0 Å². The summed E-state index contributed by atoms with van der Waals surface area (Å²) < 4.78 is 1.12. The summed E-state index contributed by atoms with van der Waals surface area (Å²) in [6.45, 7) is 2.52. The van der Waals surface area contributed by atoms with Gasteiger partial charge in [-0.05, 0) is 24.7 Å². The Morgan fingerprint density at radius 3 is 2.53 bits per heavy atom. The SMILES string of the molecule is CN(CC=CCN)Cc1ccc(Br)cc1. The average molecular weight is 269 g/mol. The van der Waals surface area contributed by atoms with Crippen molar-refractivity contribution in [2.75, 3.05) is 20.1 Å². The van der Waals surface area contributed by atoms with Gasteiger partial charge < -0.3 is 5.73 Å². The minimum atomic E-state index is 0.617. The number of rotatable bonds is 5. The summed E-state index contributed by atoms with van der Waals surface area (Å²) in [5.41, 5.74) is 6.69. The summed E-state index contributed by atoms with van der Waals surface area (Å²) in [4.78, 5) is 2.25. The molecule has 1 aromatic rings. The number of hydrogen-bond acceptors (Lipinski definition) is 2. The van der Waals surface area contributed by atoms with Crippen LogP contribution in [0.5, 0.6) is 0 Å². The van der Waals surface area contributed by atoms with Gasteiger partial charge >= 0.3 is 0 Å². The van der Waals surface area contributed by atoms with E-state index in [1.54, 1.807) is 0 Å². The van der Waals surface area contributed by atoms with Crippen molar-refractivity contribution in [2.45, 2.75) is 6.54 Å². The third-order valence-corrected chi connectivity index (χ3v) is 2.61. The van der Waals surface area contributed by atoms with E-state index in [-0.39, 0.29) is 0 Å². The highest BCUT2D eigenvalue weighted by molar-refractivity contribution is 9.10. The molecule has 0 spiro atoms. The molecular weight excluding hydrogens is 252 g/mol. The van der Waals surface area contributed by atoms with Crippen molar-refractivity contribution in [2.24, 2.45) is 5.73 Å². The van der Waals surface area contributed by atoms with E-state index in [1.165, 1.54) is 5.56 Å². The topological polar surface area (TPSA) is 29.3 Å². The third kappa shape index (κ3) is 5.11. The molecule has 0 atom stereocenters. The standard InChI is InChI=1S/C12H17BrN2/c1-15(9-3-2-8-14)10-11-4-6-12(13)7-5-11/h2-7H,8-10,14H2,1H3. The fourth-order valence-electron chi connectivity index (χ4n) is 1.32. The molecule has 0 heterocycles. The molecule has 0 saturated carbocycles. The second-order valence-electron chi connectivity index (χ2n) is 3.53. The summed E-state index contributed by atoms with van der Waals surface area (Å²) in [6.07, 6.45) is 4.08. The predicted molar refractivity (Wildman–Crippen MR) is 68.7 cm³/mol. The zero-order valence-corrected chi connectivity index (χ0v) is 10.6. The molecule has 1 aromatic carbocycles. The second-order valence-corrected chi connectivity index (χ2v) is 4.45. The zero-order valence-electron chi connectivity index (χ0n) is 8.99. The van der Waals surface area contributed by atoms with Crippen LogP contribution in [0, 0.1) is 0 Å². The first-order chi connectivity index (χ1) is 7.22. The highest BCUT2D eigenvalue weighted by atomic mass is 79.9. The summed E-state index contributed by atoms with van der Waals surface area (Å²) in [5.74, 6) is 0. The van der Waals surface area contributed by atoms with Crippen LogP contribution < -0.4 is 5.73 Å². The number of hydrogen-bond donors (Lipinski definition) is 1. The van der Waals surface area contributed by atoms with Crippen LogP contribution in [0.15, 0.2) is 40.9 Å². The van der Waals surface area contributed by atoms with Crippen molar-refractivity contribution in [3.05, 3.63) is 46.5 Å². The molecule has 82 valence electrons. The fourth-order valence-corrected chi connectivity index (χ4v) is 1.58. The lowest BCUT2D eigenvalue weighted by Gasteiger charge is -2.14. The van der Waals surface area contributed by atoms with E-state index in [1.807, 2.05) is 6.08 Å². The Bertz CT molecular complexity index is 306. The maximum absolute atomic E-state index is 5.37. The van der Waals surface area contributed by atoms with Crippen molar-refractivity contribution >= 4 is 15.9 Å². The first-order valence-electron chi connectivity index (χ1n) is 5.00. The van der Waals surface area contributed by atoms with Crippen molar-refractivity contribution in [1.82, 2.24) is 4.90 Å². The maximum Gasteiger partial charge on any atom is 0.0234 e. The molecule has 2 N–H and O–H groups in total. The second kappa shape index (κ2) is 6.77. The molecule has 0 aromatic heterocycles. The van der Waals surface area contributed by atoms with Gasteiger partial charge in [-0.25, -0.2) is 0 Å². The minimum absolute atomic E-state index is 0.617. The lowest BCUT2D eigenvalue weighted by molar-refractivity contribution is 0.363. The Kier molecular flexibility index (Phi) is 5.61. The van der Waals surface area contributed by atoms with Gasteiger partial charge in [0.2, 0.25) is 0 Å². The van der Waals surface area contributed by atoms with Gasteiger partial charge in [-0.3, -0.25) is 4.90 Å². The first kappa shape index (κ1) is 12.4. The Hall–Kier alpha value is -0.640. The van der Waals surface area contributed by atoms with E-state index < -0.39 is 0 Å². The third-order valence-electron chi connectivity index (χ3n) is 2.09. The maximum atomic E-state index is 5.37. The molecule has 0 aliphatic rings. The van der Waals surface area contributed by atoms with E-state index in [9.17, 15) is 0 Å². The first-order valence-corrected chi connectivity index (χ1v) is 5.79. The van der Waals surface area contributed by atoms with E-state index in [0.29, 0.717) is 6.54 Å². The van der Waals surface area contributed by atoms with Crippen molar-refractivity contribution in [1.29, 1.82) is 0 Å². The van der Waals surface area contributed by atoms with Crippen LogP contribution in [0.25, 0.3) is 0 Å². The quantitative estimate of drug-likeness (QED) is 0.832. The summed E-state index contributed by atoms with van der Waals surface area (Å²) >= 11 is 3.42. The number of halogens is 1. The van der Waals surface area contributed by atoms with Crippen LogP contribution in [0.3, 0.4) is 0 Å². The largest absolute Gasteiger partial charge is 0.327 e. The van der Waals surface area contributed by atoms with Gasteiger partial charge in [0.1, 0.15) is 0 Å². The Labute approximate surface area is 99.9 Å². The monoisotopic (exact) mass is 268 g/mol. The van der Waals surface area contributed by atoms with Crippen LogP contribution in [0.2, 0.25) is 0 Å². The molecule has 2 nitrogen and oxygen atoms in total. The lowest BCUT2D eigenvalue weighted by atomic mass is 10.2. The number of nitrogens with zero attached hydrogens (tertiary/aromatic N) is 1. The molecule has 1 rings (SSSR count). The van der Waals surface area contributed by atoms with E-state index in [2.05, 4.69) is 58.2 Å². The predicted octanol–water partition coefficient (Wildman–Crippen LogP) is 2.40. The summed E-state index contributed by atoms with van der Waals surface area (Å²) in [6, 6.07) is 8.40. The van der Waals surface area contributed by atoms with Gasteiger partial charge in [-0.1, -0.05) is 40.2 Å². The highest BCUT2D eigenvalue weighted by Crippen LogP contribution is 2.11. The Morgan fingerprint density at radius 2 is 1.93 bits per heavy atom. The van der Waals surface area contributed by atoms with Gasteiger partial charge in [-0.2, -0.15) is 0 Å². The fraction of sp³-hybridized carbons (Fsp3) is 0.333. The van der Waals surface area contributed by atoms with E-state index in [4.69, 9.17) is 5.73 Å². The normalized spacial score (nSPS) is 11.5. The molecule has 15 heavy (non-hydrogen) atoms. The molecule has 0 bridgehead atoms. The number of benzene rings is 1. The molecule has 0 fully saturated rings.